The first kappa shape index (κ1) is 18.1. The third-order valence-corrected chi connectivity index (χ3v) is 6.49. The SMILES string of the molecule is Cc1c(C(=O)NCCCl)[se]c2ncnc(Nc3ccc(F)c(Cl)c3)c12. The van der Waals surface area contributed by atoms with Gasteiger partial charge < -0.3 is 0 Å². The van der Waals surface area contributed by atoms with Gasteiger partial charge in [0.25, 0.3) is 0 Å². The zero-order valence-corrected chi connectivity index (χ0v) is 16.3. The molecule has 0 aliphatic heterocycles. The van der Waals surface area contributed by atoms with Gasteiger partial charge in [-0.05, 0) is 0 Å². The number of hydrogen-bond acceptors (Lipinski definition) is 4. The van der Waals surface area contributed by atoms with Crippen LogP contribution in [0.1, 0.15) is 14.8 Å². The van der Waals surface area contributed by atoms with Crippen molar-refractivity contribution < 1.29 is 9.18 Å². The monoisotopic (exact) mass is 446 g/mol. The molecule has 0 aliphatic rings. The minimum atomic E-state index is -0.488. The third kappa shape index (κ3) is 3.80. The fourth-order valence-corrected chi connectivity index (χ4v) is 4.84. The number of aryl methyl sites for hydroxylation is 1. The summed E-state index contributed by atoms with van der Waals surface area (Å²) in [7, 11) is 0. The van der Waals surface area contributed by atoms with Crippen LogP contribution in [0.3, 0.4) is 0 Å². The topological polar surface area (TPSA) is 66.9 Å². The van der Waals surface area contributed by atoms with Crippen molar-refractivity contribution in [1.29, 1.82) is 0 Å². The Hall–Kier alpha value is -1.66. The number of carbonyl (C=O) groups is 1. The number of carbonyl (C=O) groups excluding carboxylic acids is 1. The molecule has 130 valence electrons. The van der Waals surface area contributed by atoms with E-state index in [9.17, 15) is 9.18 Å². The number of halogens is 3. The number of fused-ring (bicyclic) bond motifs is 1. The van der Waals surface area contributed by atoms with E-state index in [0.717, 1.165) is 15.3 Å². The first-order chi connectivity index (χ1) is 12.0. The maximum absolute atomic E-state index is 13.3. The molecule has 0 atom stereocenters. The van der Waals surface area contributed by atoms with E-state index in [2.05, 4.69) is 20.6 Å². The van der Waals surface area contributed by atoms with Crippen molar-refractivity contribution in [2.45, 2.75) is 6.92 Å². The second-order valence-electron chi connectivity index (χ2n) is 5.16. The van der Waals surface area contributed by atoms with Crippen molar-refractivity contribution in [2.24, 2.45) is 0 Å². The summed E-state index contributed by atoms with van der Waals surface area (Å²) in [5.74, 6) is 0.299. The summed E-state index contributed by atoms with van der Waals surface area (Å²) in [6.45, 7) is 2.28. The van der Waals surface area contributed by atoms with Crippen LogP contribution >= 0.6 is 23.2 Å². The first-order valence-electron chi connectivity index (χ1n) is 7.31. The van der Waals surface area contributed by atoms with Crippen molar-refractivity contribution in [1.82, 2.24) is 15.3 Å². The molecule has 3 aromatic rings. The van der Waals surface area contributed by atoms with Gasteiger partial charge in [-0.15, -0.1) is 0 Å². The van der Waals surface area contributed by atoms with Crippen LogP contribution in [0.2, 0.25) is 5.02 Å². The van der Waals surface area contributed by atoms with Gasteiger partial charge >= 0.3 is 159 Å². The zero-order valence-electron chi connectivity index (χ0n) is 13.1. The Morgan fingerprint density at radius 1 is 1.36 bits per heavy atom. The van der Waals surface area contributed by atoms with Crippen molar-refractivity contribution in [3.8, 4) is 0 Å². The Morgan fingerprint density at radius 2 is 2.16 bits per heavy atom. The van der Waals surface area contributed by atoms with E-state index in [4.69, 9.17) is 23.2 Å². The summed E-state index contributed by atoms with van der Waals surface area (Å²) in [6, 6.07) is 4.34. The van der Waals surface area contributed by atoms with Crippen LogP contribution in [0.4, 0.5) is 15.9 Å². The van der Waals surface area contributed by atoms with Gasteiger partial charge in [0.15, 0.2) is 0 Å². The van der Waals surface area contributed by atoms with Crippen molar-refractivity contribution in [2.75, 3.05) is 17.7 Å². The molecule has 0 spiro atoms. The number of amides is 1. The Balaban J connectivity index is 2.00. The summed E-state index contributed by atoms with van der Waals surface area (Å²) in [4.78, 5) is 20.9. The molecular weight excluding hydrogens is 433 g/mol. The van der Waals surface area contributed by atoms with Crippen molar-refractivity contribution in [3.05, 3.63) is 45.4 Å². The maximum atomic E-state index is 13.3. The second-order valence-corrected chi connectivity index (χ2v) is 8.04. The van der Waals surface area contributed by atoms with Gasteiger partial charge in [0.1, 0.15) is 0 Å². The van der Waals surface area contributed by atoms with Crippen LogP contribution in [-0.4, -0.2) is 42.8 Å². The Bertz CT molecular complexity index is 947. The van der Waals surface area contributed by atoms with Crippen LogP contribution in [0.15, 0.2) is 24.5 Å². The quantitative estimate of drug-likeness (QED) is 0.465. The summed E-state index contributed by atoms with van der Waals surface area (Å²) in [5.41, 5.74) is 1.44. The molecule has 5 nitrogen and oxygen atoms in total. The van der Waals surface area contributed by atoms with Crippen LogP contribution in [0, 0.1) is 12.7 Å². The average Bonchev–Trinajstić information content (AvgIpc) is 2.94. The molecular formula is C16H13Cl2FN4OSe. The zero-order chi connectivity index (χ0) is 18.0. The molecule has 2 aromatic heterocycles. The molecule has 9 heteroatoms. The molecule has 0 radical (unpaired) electrons. The van der Waals surface area contributed by atoms with E-state index < -0.39 is 5.82 Å². The normalized spacial score (nSPS) is 10.9. The number of nitrogens with one attached hydrogen (secondary N) is 2. The van der Waals surface area contributed by atoms with E-state index in [0.29, 0.717) is 28.4 Å². The number of nitrogens with zero attached hydrogens (tertiary/aromatic N) is 2. The number of benzene rings is 1. The number of aromatic nitrogens is 2. The van der Waals surface area contributed by atoms with Crippen LogP contribution in [0.5, 0.6) is 0 Å². The van der Waals surface area contributed by atoms with E-state index in [-0.39, 0.29) is 25.4 Å². The Labute approximate surface area is 159 Å². The molecule has 2 heterocycles. The number of anilines is 2. The summed E-state index contributed by atoms with van der Waals surface area (Å²) < 4.78 is 14.8. The minimum absolute atomic E-state index is 0.0216. The van der Waals surface area contributed by atoms with Crippen LogP contribution in [-0.2, 0) is 0 Å². The van der Waals surface area contributed by atoms with E-state index >= 15 is 0 Å². The second kappa shape index (κ2) is 7.70. The fourth-order valence-electron chi connectivity index (χ4n) is 2.33. The molecule has 0 aliphatic carbocycles. The van der Waals surface area contributed by atoms with Gasteiger partial charge in [-0.2, -0.15) is 0 Å². The number of rotatable bonds is 5. The van der Waals surface area contributed by atoms with E-state index in [1.54, 1.807) is 6.07 Å². The van der Waals surface area contributed by atoms with Gasteiger partial charge in [0, 0.05) is 0 Å². The van der Waals surface area contributed by atoms with Gasteiger partial charge in [-0.1, -0.05) is 0 Å². The van der Waals surface area contributed by atoms with Crippen LogP contribution < -0.4 is 10.6 Å². The van der Waals surface area contributed by atoms with Crippen molar-refractivity contribution >= 4 is 64.9 Å². The molecule has 1 aromatic carbocycles. The van der Waals surface area contributed by atoms with E-state index in [1.165, 1.54) is 18.5 Å². The Kier molecular flexibility index (Phi) is 5.59. The van der Waals surface area contributed by atoms with Gasteiger partial charge in [-0.3, -0.25) is 0 Å². The standard InChI is InChI=1S/C16H13Cl2FN4OSe/c1-8-12-14(23-9-2-3-11(19)10(18)6-9)21-7-22-16(12)25-13(8)15(24)20-5-4-17/h2-3,6-7H,4-5H2,1H3,(H,20,24)(H,21,22,23). The number of hydrogen-bond donors (Lipinski definition) is 2. The Morgan fingerprint density at radius 3 is 2.88 bits per heavy atom. The number of alkyl halides is 1. The molecule has 2 N–H and O–H groups in total. The first-order valence-corrected chi connectivity index (χ1v) is 9.94. The molecule has 25 heavy (non-hydrogen) atoms. The predicted molar refractivity (Wildman–Crippen MR) is 99.0 cm³/mol. The third-order valence-electron chi connectivity index (χ3n) is 3.50. The van der Waals surface area contributed by atoms with Gasteiger partial charge in [0.05, 0.1) is 0 Å². The van der Waals surface area contributed by atoms with Gasteiger partial charge in [-0.25, -0.2) is 0 Å². The predicted octanol–water partition coefficient (Wildman–Crippen LogP) is 3.50. The fraction of sp³-hybridized carbons (Fsp3) is 0.188. The molecule has 0 bridgehead atoms. The van der Waals surface area contributed by atoms with Gasteiger partial charge in [0.2, 0.25) is 0 Å². The molecule has 0 saturated carbocycles. The van der Waals surface area contributed by atoms with Crippen LogP contribution in [0.25, 0.3) is 9.78 Å². The average molecular weight is 446 g/mol. The summed E-state index contributed by atoms with van der Waals surface area (Å²) >= 11 is 11.2. The molecule has 0 unspecified atom stereocenters. The molecule has 0 saturated heterocycles. The summed E-state index contributed by atoms with van der Waals surface area (Å²) in [6.07, 6.45) is 1.45. The molecule has 0 fully saturated rings. The molecule has 3 rings (SSSR count). The summed E-state index contributed by atoms with van der Waals surface area (Å²) in [5, 5.41) is 6.73. The van der Waals surface area contributed by atoms with E-state index in [1.807, 2.05) is 6.92 Å². The van der Waals surface area contributed by atoms with Crippen molar-refractivity contribution in [3.63, 3.8) is 0 Å². The molecule has 1 amide bonds.